The summed E-state index contributed by atoms with van der Waals surface area (Å²) in [6.07, 6.45) is 6.71. The van der Waals surface area contributed by atoms with Crippen molar-refractivity contribution in [2.75, 3.05) is 30.4 Å². The maximum absolute atomic E-state index is 12.3. The summed E-state index contributed by atoms with van der Waals surface area (Å²) >= 11 is 0. The van der Waals surface area contributed by atoms with Crippen LogP contribution < -0.4 is 15.4 Å². The number of carbonyl (C=O) groups is 1. The zero-order valence-electron chi connectivity index (χ0n) is 14.3. The van der Waals surface area contributed by atoms with Gasteiger partial charge in [0.15, 0.2) is 0 Å². The number of nitrogens with zero attached hydrogens (tertiary/aromatic N) is 3. The van der Waals surface area contributed by atoms with Crippen LogP contribution in [-0.2, 0) is 16.0 Å². The lowest BCUT2D eigenvalue weighted by Gasteiger charge is -2.18. The van der Waals surface area contributed by atoms with Crippen molar-refractivity contribution in [2.24, 2.45) is 0 Å². The molecule has 0 saturated carbocycles. The summed E-state index contributed by atoms with van der Waals surface area (Å²) < 4.78 is 11.2. The molecule has 3 heterocycles. The van der Waals surface area contributed by atoms with Crippen molar-refractivity contribution >= 4 is 17.5 Å². The topological polar surface area (TPSA) is 90.6 Å². The SMILES string of the molecule is CCCCOc1nc(N)c2c(n1)N(CCCC1CCCO1)C(=O)C2. The molecule has 3 rings (SSSR count). The molecule has 1 aromatic heterocycles. The standard InChI is InChI=1S/C17H26N4O3/c1-2-3-9-24-17-19-15(18)13-11-14(22)21(16(13)20-17)8-4-6-12-7-5-10-23-12/h12H,2-11H2,1H3,(H2,18,19,20). The highest BCUT2D eigenvalue weighted by Crippen LogP contribution is 2.32. The number of hydrogen-bond acceptors (Lipinski definition) is 6. The number of ether oxygens (including phenoxy) is 2. The van der Waals surface area contributed by atoms with Gasteiger partial charge in [-0.15, -0.1) is 0 Å². The predicted octanol–water partition coefficient (Wildman–Crippen LogP) is 2.09. The van der Waals surface area contributed by atoms with E-state index in [4.69, 9.17) is 15.2 Å². The van der Waals surface area contributed by atoms with E-state index in [0.717, 1.165) is 50.7 Å². The minimum Gasteiger partial charge on any atom is -0.463 e. The Bertz CT molecular complexity index is 587. The Morgan fingerprint density at radius 1 is 1.38 bits per heavy atom. The molecule has 0 aliphatic carbocycles. The molecule has 1 fully saturated rings. The first-order chi connectivity index (χ1) is 11.7. The zero-order chi connectivity index (χ0) is 16.9. The second-order valence-electron chi connectivity index (χ2n) is 6.40. The van der Waals surface area contributed by atoms with Crippen LogP contribution in [0.1, 0.15) is 51.0 Å². The Morgan fingerprint density at radius 3 is 3.00 bits per heavy atom. The molecule has 0 spiro atoms. The summed E-state index contributed by atoms with van der Waals surface area (Å²) in [4.78, 5) is 22.6. The molecule has 7 nitrogen and oxygen atoms in total. The van der Waals surface area contributed by atoms with Gasteiger partial charge in [-0.2, -0.15) is 9.97 Å². The smallest absolute Gasteiger partial charge is 0.320 e. The van der Waals surface area contributed by atoms with E-state index in [-0.39, 0.29) is 18.3 Å². The Labute approximate surface area is 142 Å². The summed E-state index contributed by atoms with van der Waals surface area (Å²) in [5.41, 5.74) is 6.72. The molecule has 7 heteroatoms. The van der Waals surface area contributed by atoms with E-state index in [1.54, 1.807) is 4.90 Å². The van der Waals surface area contributed by atoms with Gasteiger partial charge in [0.1, 0.15) is 11.6 Å². The van der Waals surface area contributed by atoms with Gasteiger partial charge in [0.2, 0.25) is 5.91 Å². The first kappa shape index (κ1) is 17.0. The Morgan fingerprint density at radius 2 is 2.25 bits per heavy atom. The fourth-order valence-corrected chi connectivity index (χ4v) is 3.18. The maximum Gasteiger partial charge on any atom is 0.320 e. The summed E-state index contributed by atoms with van der Waals surface area (Å²) in [7, 11) is 0. The number of aromatic nitrogens is 2. The minimum atomic E-state index is 0.0315. The summed E-state index contributed by atoms with van der Waals surface area (Å²) in [5.74, 6) is 0.997. The highest BCUT2D eigenvalue weighted by atomic mass is 16.5. The van der Waals surface area contributed by atoms with E-state index in [0.29, 0.717) is 30.9 Å². The quantitative estimate of drug-likeness (QED) is 0.732. The molecule has 132 valence electrons. The lowest BCUT2D eigenvalue weighted by Crippen LogP contribution is -2.29. The van der Waals surface area contributed by atoms with Crippen LogP contribution in [0.2, 0.25) is 0 Å². The molecule has 0 radical (unpaired) electrons. The highest BCUT2D eigenvalue weighted by Gasteiger charge is 2.32. The largest absolute Gasteiger partial charge is 0.463 e. The van der Waals surface area contributed by atoms with Crippen LogP contribution in [0.25, 0.3) is 0 Å². The number of nitrogen functional groups attached to an aromatic ring is 1. The number of hydrogen-bond donors (Lipinski definition) is 1. The van der Waals surface area contributed by atoms with Crippen molar-refractivity contribution in [3.8, 4) is 6.01 Å². The third kappa shape index (κ3) is 3.77. The number of amides is 1. The zero-order valence-corrected chi connectivity index (χ0v) is 14.3. The van der Waals surface area contributed by atoms with Crippen molar-refractivity contribution < 1.29 is 14.3 Å². The molecule has 2 aliphatic heterocycles. The van der Waals surface area contributed by atoms with Gasteiger partial charge in [0.25, 0.3) is 0 Å². The van der Waals surface area contributed by atoms with Crippen LogP contribution in [0, 0.1) is 0 Å². The van der Waals surface area contributed by atoms with Crippen molar-refractivity contribution in [3.63, 3.8) is 0 Å². The van der Waals surface area contributed by atoms with Gasteiger partial charge >= 0.3 is 6.01 Å². The van der Waals surface area contributed by atoms with Crippen LogP contribution in [0.3, 0.4) is 0 Å². The number of unbranched alkanes of at least 4 members (excludes halogenated alkanes) is 1. The third-order valence-electron chi connectivity index (χ3n) is 4.54. The Balaban J connectivity index is 1.65. The average Bonchev–Trinajstić information content (AvgIpc) is 3.17. The van der Waals surface area contributed by atoms with Crippen LogP contribution in [0.5, 0.6) is 6.01 Å². The van der Waals surface area contributed by atoms with Gasteiger partial charge in [0, 0.05) is 18.7 Å². The number of nitrogens with two attached hydrogens (primary N) is 1. The summed E-state index contributed by atoms with van der Waals surface area (Å²) in [5, 5.41) is 0. The lowest BCUT2D eigenvalue weighted by atomic mass is 10.1. The predicted molar refractivity (Wildman–Crippen MR) is 91.1 cm³/mol. The normalized spacial score (nSPS) is 19.8. The Kier molecular flexibility index (Phi) is 5.50. The van der Waals surface area contributed by atoms with Gasteiger partial charge in [0.05, 0.1) is 19.1 Å². The molecule has 1 atom stereocenters. The van der Waals surface area contributed by atoms with Crippen LogP contribution in [-0.4, -0.2) is 41.7 Å². The fourth-order valence-electron chi connectivity index (χ4n) is 3.18. The molecule has 2 N–H and O–H groups in total. The number of rotatable bonds is 8. The number of anilines is 2. The van der Waals surface area contributed by atoms with Crippen LogP contribution in [0.4, 0.5) is 11.6 Å². The molecule has 1 unspecified atom stereocenters. The molecule has 1 amide bonds. The molecular weight excluding hydrogens is 308 g/mol. The minimum absolute atomic E-state index is 0.0315. The molecule has 2 aliphatic rings. The van der Waals surface area contributed by atoms with E-state index in [2.05, 4.69) is 16.9 Å². The fraction of sp³-hybridized carbons (Fsp3) is 0.706. The second-order valence-corrected chi connectivity index (χ2v) is 6.40. The molecule has 0 bridgehead atoms. The lowest BCUT2D eigenvalue weighted by molar-refractivity contribution is -0.117. The van der Waals surface area contributed by atoms with Crippen LogP contribution >= 0.6 is 0 Å². The average molecular weight is 334 g/mol. The first-order valence-corrected chi connectivity index (χ1v) is 8.90. The van der Waals surface area contributed by atoms with E-state index < -0.39 is 0 Å². The maximum atomic E-state index is 12.3. The molecule has 1 saturated heterocycles. The van der Waals surface area contributed by atoms with Gasteiger partial charge in [-0.05, 0) is 32.1 Å². The Hall–Kier alpha value is -1.89. The van der Waals surface area contributed by atoms with Crippen LogP contribution in [0.15, 0.2) is 0 Å². The molecule has 24 heavy (non-hydrogen) atoms. The van der Waals surface area contributed by atoms with Gasteiger partial charge in [-0.25, -0.2) is 0 Å². The second kappa shape index (κ2) is 7.79. The van der Waals surface area contributed by atoms with Crippen molar-refractivity contribution in [3.05, 3.63) is 5.56 Å². The third-order valence-corrected chi connectivity index (χ3v) is 4.54. The number of carbonyl (C=O) groups excluding carboxylic acids is 1. The van der Waals surface area contributed by atoms with E-state index >= 15 is 0 Å². The molecule has 0 aromatic carbocycles. The van der Waals surface area contributed by atoms with Gasteiger partial charge in [-0.3, -0.25) is 9.69 Å². The van der Waals surface area contributed by atoms with E-state index in [1.165, 1.54) is 0 Å². The van der Waals surface area contributed by atoms with Crippen molar-refractivity contribution in [1.82, 2.24) is 9.97 Å². The highest BCUT2D eigenvalue weighted by molar-refractivity contribution is 6.01. The van der Waals surface area contributed by atoms with E-state index in [1.807, 2.05) is 0 Å². The summed E-state index contributed by atoms with van der Waals surface area (Å²) in [6, 6.07) is 0.263. The van der Waals surface area contributed by atoms with E-state index in [9.17, 15) is 4.79 Å². The molecular formula is C17H26N4O3. The number of fused-ring (bicyclic) bond motifs is 1. The van der Waals surface area contributed by atoms with Crippen molar-refractivity contribution in [2.45, 2.75) is 58.0 Å². The van der Waals surface area contributed by atoms with Crippen molar-refractivity contribution in [1.29, 1.82) is 0 Å². The summed E-state index contributed by atoms with van der Waals surface area (Å²) in [6.45, 7) is 4.15. The van der Waals surface area contributed by atoms with Gasteiger partial charge < -0.3 is 15.2 Å². The monoisotopic (exact) mass is 334 g/mol. The first-order valence-electron chi connectivity index (χ1n) is 8.90. The molecule has 1 aromatic rings. The van der Waals surface area contributed by atoms with Gasteiger partial charge in [-0.1, -0.05) is 13.3 Å².